The number of hydrogen-bond donors (Lipinski definition) is 2. The summed E-state index contributed by atoms with van der Waals surface area (Å²) in [5.41, 5.74) is -0.378. The summed E-state index contributed by atoms with van der Waals surface area (Å²) in [6.07, 6.45) is 2.45. The SMILES string of the molecule is CC(CC(=O)Nc1c(F)cc(Br)cc1F)C1CCCNC1. The highest BCUT2D eigenvalue weighted by atomic mass is 79.9. The lowest BCUT2D eigenvalue weighted by molar-refractivity contribution is -0.117. The summed E-state index contributed by atoms with van der Waals surface area (Å²) >= 11 is 3.01. The lowest BCUT2D eigenvalue weighted by Crippen LogP contribution is -2.34. The lowest BCUT2D eigenvalue weighted by atomic mass is 9.85. The largest absolute Gasteiger partial charge is 0.321 e. The average molecular weight is 361 g/mol. The molecule has 2 unspecified atom stereocenters. The summed E-state index contributed by atoms with van der Waals surface area (Å²) in [6.45, 7) is 3.92. The van der Waals surface area contributed by atoms with Gasteiger partial charge in [-0.25, -0.2) is 8.78 Å². The molecule has 3 nitrogen and oxygen atoms in total. The number of carbonyl (C=O) groups excluding carboxylic acids is 1. The molecule has 0 aliphatic carbocycles. The van der Waals surface area contributed by atoms with Crippen LogP contribution >= 0.6 is 15.9 Å². The predicted molar refractivity (Wildman–Crippen MR) is 82.1 cm³/mol. The van der Waals surface area contributed by atoms with Crippen molar-refractivity contribution in [3.63, 3.8) is 0 Å². The van der Waals surface area contributed by atoms with Gasteiger partial charge in [-0.05, 0) is 49.9 Å². The molecule has 2 atom stereocenters. The number of amides is 1. The third-order valence-electron chi connectivity index (χ3n) is 3.92. The van der Waals surface area contributed by atoms with Crippen LogP contribution in [-0.4, -0.2) is 19.0 Å². The summed E-state index contributed by atoms with van der Waals surface area (Å²) in [6, 6.07) is 2.26. The first kappa shape index (κ1) is 16.4. The molecule has 0 spiro atoms. The molecule has 1 fully saturated rings. The van der Waals surface area contributed by atoms with Crippen molar-refractivity contribution in [3.8, 4) is 0 Å². The van der Waals surface area contributed by atoms with Crippen LogP contribution < -0.4 is 10.6 Å². The molecule has 0 bridgehead atoms. The average Bonchev–Trinajstić information content (AvgIpc) is 2.43. The predicted octanol–water partition coefficient (Wildman–Crippen LogP) is 3.69. The van der Waals surface area contributed by atoms with Crippen molar-refractivity contribution in [3.05, 3.63) is 28.2 Å². The van der Waals surface area contributed by atoms with Crippen LogP contribution in [-0.2, 0) is 4.79 Å². The van der Waals surface area contributed by atoms with E-state index in [0.29, 0.717) is 10.4 Å². The van der Waals surface area contributed by atoms with E-state index in [1.165, 1.54) is 0 Å². The first-order chi connectivity index (χ1) is 9.97. The zero-order valence-corrected chi connectivity index (χ0v) is 13.5. The number of halogens is 3. The maximum atomic E-state index is 13.7. The number of carbonyl (C=O) groups is 1. The summed E-state index contributed by atoms with van der Waals surface area (Å²) in [5.74, 6) is -1.29. The minimum Gasteiger partial charge on any atom is -0.321 e. The monoisotopic (exact) mass is 360 g/mol. The fourth-order valence-corrected chi connectivity index (χ4v) is 3.08. The van der Waals surface area contributed by atoms with Crippen molar-refractivity contribution in [2.45, 2.75) is 26.2 Å². The number of hydrogen-bond acceptors (Lipinski definition) is 2. The first-order valence-corrected chi connectivity index (χ1v) is 7.91. The fourth-order valence-electron chi connectivity index (χ4n) is 2.68. The Hall–Kier alpha value is -1.01. The second-order valence-electron chi connectivity index (χ2n) is 5.58. The van der Waals surface area contributed by atoms with Gasteiger partial charge in [0.2, 0.25) is 5.91 Å². The number of anilines is 1. The van der Waals surface area contributed by atoms with Crippen LogP contribution in [0.3, 0.4) is 0 Å². The van der Waals surface area contributed by atoms with Gasteiger partial charge >= 0.3 is 0 Å². The van der Waals surface area contributed by atoms with E-state index in [1.54, 1.807) is 0 Å². The second kappa shape index (κ2) is 7.31. The molecule has 1 aromatic rings. The smallest absolute Gasteiger partial charge is 0.224 e. The fraction of sp³-hybridized carbons (Fsp3) is 0.533. The second-order valence-corrected chi connectivity index (χ2v) is 6.50. The molecule has 1 heterocycles. The number of nitrogens with one attached hydrogen (secondary N) is 2. The van der Waals surface area contributed by atoms with Crippen molar-refractivity contribution < 1.29 is 13.6 Å². The molecule has 1 aromatic carbocycles. The quantitative estimate of drug-likeness (QED) is 0.859. The van der Waals surface area contributed by atoms with E-state index in [9.17, 15) is 13.6 Å². The van der Waals surface area contributed by atoms with Gasteiger partial charge in [0.1, 0.15) is 5.69 Å². The van der Waals surface area contributed by atoms with Crippen LogP contribution in [0.25, 0.3) is 0 Å². The van der Waals surface area contributed by atoms with Crippen LogP contribution in [0.15, 0.2) is 16.6 Å². The number of piperidine rings is 1. The van der Waals surface area contributed by atoms with Crippen molar-refractivity contribution in [2.24, 2.45) is 11.8 Å². The molecule has 1 amide bonds. The minimum absolute atomic E-state index is 0.180. The Morgan fingerprint density at radius 2 is 2.14 bits per heavy atom. The molecule has 2 N–H and O–H groups in total. The molecule has 6 heteroatoms. The van der Waals surface area contributed by atoms with Crippen LogP contribution in [0.1, 0.15) is 26.2 Å². The Labute approximate surface area is 131 Å². The van der Waals surface area contributed by atoms with E-state index in [0.717, 1.165) is 38.1 Å². The van der Waals surface area contributed by atoms with Gasteiger partial charge in [-0.1, -0.05) is 22.9 Å². The minimum atomic E-state index is -0.776. The van der Waals surface area contributed by atoms with Crippen LogP contribution in [0.5, 0.6) is 0 Å². The van der Waals surface area contributed by atoms with Gasteiger partial charge in [0.15, 0.2) is 11.6 Å². The standard InChI is InChI=1S/C15H19BrF2N2O/c1-9(10-3-2-4-19-8-10)5-14(21)20-15-12(17)6-11(16)7-13(15)18/h6-7,9-10,19H,2-5,8H2,1H3,(H,20,21). The van der Waals surface area contributed by atoms with E-state index in [1.807, 2.05) is 6.92 Å². The normalized spacial score (nSPS) is 20.1. The number of rotatable bonds is 4. The summed E-state index contributed by atoms with van der Waals surface area (Å²) in [5, 5.41) is 5.65. The topological polar surface area (TPSA) is 41.1 Å². The van der Waals surface area contributed by atoms with E-state index in [-0.39, 0.29) is 23.9 Å². The molecule has 1 saturated heterocycles. The molecular formula is C15H19BrF2N2O. The first-order valence-electron chi connectivity index (χ1n) is 7.12. The molecule has 0 saturated carbocycles. The van der Waals surface area contributed by atoms with E-state index >= 15 is 0 Å². The Kier molecular flexibility index (Phi) is 5.70. The molecule has 0 aromatic heterocycles. The van der Waals surface area contributed by atoms with Gasteiger partial charge in [-0.3, -0.25) is 4.79 Å². The molecular weight excluding hydrogens is 342 g/mol. The molecule has 116 valence electrons. The maximum absolute atomic E-state index is 13.7. The highest BCUT2D eigenvalue weighted by Crippen LogP contribution is 2.26. The van der Waals surface area contributed by atoms with E-state index in [2.05, 4.69) is 26.6 Å². The van der Waals surface area contributed by atoms with Crippen LogP contribution in [0.2, 0.25) is 0 Å². The summed E-state index contributed by atoms with van der Waals surface area (Å²) in [4.78, 5) is 12.0. The zero-order chi connectivity index (χ0) is 15.4. The van der Waals surface area contributed by atoms with Crippen LogP contribution in [0.4, 0.5) is 14.5 Å². The molecule has 1 aliphatic heterocycles. The van der Waals surface area contributed by atoms with Gasteiger partial charge in [-0.2, -0.15) is 0 Å². The molecule has 21 heavy (non-hydrogen) atoms. The Morgan fingerprint density at radius 3 is 2.71 bits per heavy atom. The van der Waals surface area contributed by atoms with Crippen molar-refractivity contribution >= 4 is 27.5 Å². The Morgan fingerprint density at radius 1 is 1.48 bits per heavy atom. The van der Waals surface area contributed by atoms with Gasteiger partial charge in [0, 0.05) is 10.9 Å². The third kappa shape index (κ3) is 4.48. The number of benzene rings is 1. The Bertz CT molecular complexity index is 495. The van der Waals surface area contributed by atoms with Gasteiger partial charge in [0.25, 0.3) is 0 Å². The molecule has 1 aliphatic rings. The van der Waals surface area contributed by atoms with Gasteiger partial charge < -0.3 is 10.6 Å². The van der Waals surface area contributed by atoms with Gasteiger partial charge in [-0.15, -0.1) is 0 Å². The highest BCUT2D eigenvalue weighted by molar-refractivity contribution is 9.10. The van der Waals surface area contributed by atoms with Crippen LogP contribution in [0, 0.1) is 23.5 Å². The highest BCUT2D eigenvalue weighted by Gasteiger charge is 2.23. The van der Waals surface area contributed by atoms with Crippen molar-refractivity contribution in [1.82, 2.24) is 5.32 Å². The Balaban J connectivity index is 1.95. The maximum Gasteiger partial charge on any atom is 0.224 e. The van der Waals surface area contributed by atoms with Crippen molar-refractivity contribution in [2.75, 3.05) is 18.4 Å². The van der Waals surface area contributed by atoms with E-state index in [4.69, 9.17) is 0 Å². The molecule has 2 rings (SSSR count). The summed E-state index contributed by atoms with van der Waals surface area (Å²) < 4.78 is 27.6. The zero-order valence-electron chi connectivity index (χ0n) is 11.9. The van der Waals surface area contributed by atoms with E-state index < -0.39 is 11.6 Å². The third-order valence-corrected chi connectivity index (χ3v) is 4.38. The van der Waals surface area contributed by atoms with Gasteiger partial charge in [0.05, 0.1) is 0 Å². The molecule has 0 radical (unpaired) electrons. The van der Waals surface area contributed by atoms with Crippen molar-refractivity contribution in [1.29, 1.82) is 0 Å². The summed E-state index contributed by atoms with van der Waals surface area (Å²) in [7, 11) is 0. The lowest BCUT2D eigenvalue weighted by Gasteiger charge is -2.28.